The third-order valence-corrected chi connectivity index (χ3v) is 4.59. The Labute approximate surface area is 78.4 Å². The zero-order valence-electron chi connectivity index (χ0n) is 7.25. The van der Waals surface area contributed by atoms with Gasteiger partial charge in [0.05, 0.1) is 5.75 Å². The molecule has 0 bridgehead atoms. The molecule has 1 unspecified atom stereocenters. The molecule has 1 aliphatic rings. The minimum atomic E-state index is -2.97. The van der Waals surface area contributed by atoms with Gasteiger partial charge in [0.2, 0.25) is 10.0 Å². The monoisotopic (exact) mass is 209 g/mol. The van der Waals surface area contributed by atoms with Crippen LogP contribution in [0.1, 0.15) is 13.3 Å². The van der Waals surface area contributed by atoms with Crippen LogP contribution in [0, 0.1) is 5.92 Å². The molecule has 0 spiro atoms. The summed E-state index contributed by atoms with van der Waals surface area (Å²) in [6.07, 6.45) is 1.15. The molecule has 1 fully saturated rings. The molecular formula is C7H15NO2S2. The maximum Gasteiger partial charge on any atom is 0.211 e. The van der Waals surface area contributed by atoms with Crippen LogP contribution in [0.25, 0.3) is 0 Å². The van der Waals surface area contributed by atoms with Gasteiger partial charge in [-0.2, -0.15) is 11.8 Å². The van der Waals surface area contributed by atoms with Crippen LogP contribution in [0.2, 0.25) is 0 Å². The van der Waals surface area contributed by atoms with Gasteiger partial charge < -0.3 is 0 Å². The predicted octanol–water partition coefficient (Wildman–Crippen LogP) is 0.679. The van der Waals surface area contributed by atoms with Crippen LogP contribution in [0.15, 0.2) is 0 Å². The fraction of sp³-hybridized carbons (Fsp3) is 1.00. The molecule has 0 aromatic carbocycles. The lowest BCUT2D eigenvalue weighted by atomic mass is 10.1. The molecule has 0 radical (unpaired) electrons. The second kappa shape index (κ2) is 4.48. The molecule has 1 atom stereocenters. The highest BCUT2D eigenvalue weighted by Gasteiger charge is 2.17. The first-order valence-corrected chi connectivity index (χ1v) is 7.00. The average Bonchev–Trinajstić information content (AvgIpc) is 2.53. The molecule has 5 heteroatoms. The Hall–Kier alpha value is 0.260. The first-order chi connectivity index (χ1) is 5.64. The number of hydrogen-bond acceptors (Lipinski definition) is 3. The standard InChI is InChI=1S/C7H15NO2S2/c1-2-12(9,10)8-5-7-3-4-11-6-7/h7-8H,2-6H2,1H3. The highest BCUT2D eigenvalue weighted by Crippen LogP contribution is 2.22. The quantitative estimate of drug-likeness (QED) is 0.740. The zero-order chi connectivity index (χ0) is 9.03. The van der Waals surface area contributed by atoms with E-state index in [1.165, 1.54) is 5.75 Å². The predicted molar refractivity (Wildman–Crippen MR) is 52.9 cm³/mol. The Morgan fingerprint density at radius 2 is 2.33 bits per heavy atom. The number of sulfonamides is 1. The van der Waals surface area contributed by atoms with Gasteiger partial charge in [0.25, 0.3) is 0 Å². The Morgan fingerprint density at radius 3 is 2.83 bits per heavy atom. The summed E-state index contributed by atoms with van der Waals surface area (Å²) >= 11 is 1.91. The topological polar surface area (TPSA) is 46.2 Å². The minimum absolute atomic E-state index is 0.187. The van der Waals surface area contributed by atoms with Crippen LogP contribution in [0.4, 0.5) is 0 Å². The molecule has 1 N–H and O–H groups in total. The zero-order valence-corrected chi connectivity index (χ0v) is 8.88. The normalized spacial score (nSPS) is 24.6. The first kappa shape index (κ1) is 10.3. The van der Waals surface area contributed by atoms with E-state index >= 15 is 0 Å². The van der Waals surface area contributed by atoms with Crippen LogP contribution in [-0.4, -0.2) is 32.2 Å². The van der Waals surface area contributed by atoms with Crippen molar-refractivity contribution in [3.8, 4) is 0 Å². The third kappa shape index (κ3) is 3.33. The van der Waals surface area contributed by atoms with Gasteiger partial charge in [-0.25, -0.2) is 13.1 Å². The van der Waals surface area contributed by atoms with Gasteiger partial charge in [-0.15, -0.1) is 0 Å². The second-order valence-corrected chi connectivity index (χ2v) is 6.23. The Balaban J connectivity index is 2.25. The van der Waals surface area contributed by atoms with E-state index in [0.29, 0.717) is 12.5 Å². The van der Waals surface area contributed by atoms with Gasteiger partial charge in [-0.1, -0.05) is 0 Å². The molecule has 3 nitrogen and oxygen atoms in total. The lowest BCUT2D eigenvalue weighted by molar-refractivity contribution is 0.546. The molecule has 72 valence electrons. The van der Waals surface area contributed by atoms with Crippen LogP contribution in [-0.2, 0) is 10.0 Å². The van der Waals surface area contributed by atoms with E-state index < -0.39 is 10.0 Å². The van der Waals surface area contributed by atoms with Crippen LogP contribution >= 0.6 is 11.8 Å². The average molecular weight is 209 g/mol. The summed E-state index contributed by atoms with van der Waals surface area (Å²) in [6.45, 7) is 2.29. The van der Waals surface area contributed by atoms with Crippen LogP contribution < -0.4 is 4.72 Å². The number of hydrogen-bond donors (Lipinski definition) is 1. The SMILES string of the molecule is CCS(=O)(=O)NCC1CCSC1. The van der Waals surface area contributed by atoms with Gasteiger partial charge in [0.1, 0.15) is 0 Å². The van der Waals surface area contributed by atoms with E-state index in [9.17, 15) is 8.42 Å². The fourth-order valence-corrected chi connectivity index (χ4v) is 3.07. The van der Waals surface area contributed by atoms with E-state index in [-0.39, 0.29) is 5.75 Å². The van der Waals surface area contributed by atoms with E-state index in [1.807, 2.05) is 11.8 Å². The van der Waals surface area contributed by atoms with E-state index in [4.69, 9.17) is 0 Å². The summed E-state index contributed by atoms with van der Waals surface area (Å²) in [5.41, 5.74) is 0. The van der Waals surface area contributed by atoms with Crippen molar-refractivity contribution in [2.45, 2.75) is 13.3 Å². The molecule has 0 aromatic heterocycles. The van der Waals surface area contributed by atoms with Crippen molar-refractivity contribution in [3.05, 3.63) is 0 Å². The molecule has 0 aromatic rings. The summed E-state index contributed by atoms with van der Waals surface area (Å²) in [7, 11) is -2.97. The Kier molecular flexibility index (Phi) is 3.86. The van der Waals surface area contributed by atoms with Crippen molar-refractivity contribution >= 4 is 21.8 Å². The Morgan fingerprint density at radius 1 is 1.58 bits per heavy atom. The molecular weight excluding hydrogens is 194 g/mol. The number of nitrogens with one attached hydrogen (secondary N) is 1. The van der Waals surface area contributed by atoms with Crippen LogP contribution in [0.5, 0.6) is 0 Å². The van der Waals surface area contributed by atoms with E-state index in [2.05, 4.69) is 4.72 Å². The van der Waals surface area contributed by atoms with Crippen molar-refractivity contribution in [3.63, 3.8) is 0 Å². The lowest BCUT2D eigenvalue weighted by Crippen LogP contribution is -2.30. The molecule has 0 amide bonds. The van der Waals surface area contributed by atoms with E-state index in [0.717, 1.165) is 12.2 Å². The van der Waals surface area contributed by atoms with Crippen molar-refractivity contribution < 1.29 is 8.42 Å². The highest BCUT2D eigenvalue weighted by atomic mass is 32.2. The molecule has 1 saturated heterocycles. The lowest BCUT2D eigenvalue weighted by Gasteiger charge is -2.08. The summed E-state index contributed by atoms with van der Waals surface area (Å²) in [5.74, 6) is 3.02. The second-order valence-electron chi connectivity index (χ2n) is 2.98. The molecule has 1 aliphatic heterocycles. The molecule has 0 saturated carbocycles. The van der Waals surface area contributed by atoms with Crippen molar-refractivity contribution in [1.29, 1.82) is 0 Å². The summed E-state index contributed by atoms with van der Waals surface area (Å²) in [6, 6.07) is 0. The fourth-order valence-electron chi connectivity index (χ4n) is 1.09. The molecule has 1 heterocycles. The molecule has 0 aliphatic carbocycles. The maximum absolute atomic E-state index is 11.0. The van der Waals surface area contributed by atoms with Gasteiger partial charge in [-0.3, -0.25) is 0 Å². The maximum atomic E-state index is 11.0. The Bertz CT molecular complexity index is 220. The summed E-state index contributed by atoms with van der Waals surface area (Å²) < 4.78 is 24.7. The molecule has 1 rings (SSSR count). The van der Waals surface area contributed by atoms with Crippen molar-refractivity contribution in [2.75, 3.05) is 23.8 Å². The van der Waals surface area contributed by atoms with E-state index in [1.54, 1.807) is 6.92 Å². The number of thioether (sulfide) groups is 1. The smallest absolute Gasteiger partial charge is 0.211 e. The van der Waals surface area contributed by atoms with Crippen molar-refractivity contribution in [2.24, 2.45) is 5.92 Å². The van der Waals surface area contributed by atoms with Gasteiger partial charge in [0.15, 0.2) is 0 Å². The number of rotatable bonds is 4. The van der Waals surface area contributed by atoms with Crippen molar-refractivity contribution in [1.82, 2.24) is 4.72 Å². The summed E-state index contributed by atoms with van der Waals surface area (Å²) in [4.78, 5) is 0. The molecule has 12 heavy (non-hydrogen) atoms. The highest BCUT2D eigenvalue weighted by molar-refractivity contribution is 7.99. The van der Waals surface area contributed by atoms with Gasteiger partial charge in [-0.05, 0) is 30.8 Å². The van der Waals surface area contributed by atoms with Gasteiger partial charge >= 0.3 is 0 Å². The summed E-state index contributed by atoms with van der Waals surface area (Å²) in [5, 5.41) is 0. The minimum Gasteiger partial charge on any atom is -0.215 e. The van der Waals surface area contributed by atoms with Gasteiger partial charge in [0, 0.05) is 6.54 Å². The third-order valence-electron chi connectivity index (χ3n) is 2.00. The van der Waals surface area contributed by atoms with Crippen LogP contribution in [0.3, 0.4) is 0 Å². The largest absolute Gasteiger partial charge is 0.215 e. The first-order valence-electron chi connectivity index (χ1n) is 4.19.